The number of halogens is 1. The number of carbonyl (C=O) groups excluding carboxylic acids is 1. The minimum atomic E-state index is -0.408. The highest BCUT2D eigenvalue weighted by atomic mass is 19.1. The van der Waals surface area contributed by atoms with E-state index in [4.69, 9.17) is 0 Å². The van der Waals surface area contributed by atoms with Gasteiger partial charge in [0, 0.05) is 36.3 Å². The summed E-state index contributed by atoms with van der Waals surface area (Å²) >= 11 is 0. The number of rotatable bonds is 8. The van der Waals surface area contributed by atoms with E-state index in [0.29, 0.717) is 28.6 Å². The highest BCUT2D eigenvalue weighted by Crippen LogP contribution is 2.31. The summed E-state index contributed by atoms with van der Waals surface area (Å²) in [6.07, 6.45) is 0.494. The van der Waals surface area contributed by atoms with Crippen LogP contribution in [0.5, 0.6) is 0 Å². The summed E-state index contributed by atoms with van der Waals surface area (Å²) in [5, 5.41) is 13.1. The average Bonchev–Trinajstić information content (AvgIpc) is 2.86. The quantitative estimate of drug-likeness (QED) is 0.353. The standard InChI is InChI=1S/C30H32FN3O3/c1-18(17-35)11-12-34-28(29(36)32-16-22-14-19(2)13-20(3)15-22)26(23-6-8-24(31)9-7-23)25-10-5-21(4)33-27(25)30(34)37/h5-10,13-15,18,35H,11-12,16-17H2,1-4H3,(H,32,36)/t18-/m0/s1. The van der Waals surface area contributed by atoms with Crippen molar-refractivity contribution in [2.45, 2.75) is 47.2 Å². The van der Waals surface area contributed by atoms with Crippen molar-refractivity contribution < 1.29 is 14.3 Å². The largest absolute Gasteiger partial charge is 0.396 e. The second-order valence-electron chi connectivity index (χ2n) is 9.79. The number of aliphatic hydroxyl groups excluding tert-OH is 1. The Labute approximate surface area is 215 Å². The van der Waals surface area contributed by atoms with Crippen LogP contribution in [0.2, 0.25) is 0 Å². The summed E-state index contributed by atoms with van der Waals surface area (Å²) in [5.74, 6) is -0.865. The summed E-state index contributed by atoms with van der Waals surface area (Å²) in [4.78, 5) is 32.0. The van der Waals surface area contributed by atoms with Gasteiger partial charge < -0.3 is 15.0 Å². The van der Waals surface area contributed by atoms with Crippen LogP contribution in [0.4, 0.5) is 4.39 Å². The number of hydrogen-bond acceptors (Lipinski definition) is 4. The Morgan fingerprint density at radius 1 is 1.05 bits per heavy atom. The van der Waals surface area contributed by atoms with E-state index >= 15 is 0 Å². The number of aryl methyl sites for hydroxylation is 3. The van der Waals surface area contributed by atoms with Gasteiger partial charge in [-0.15, -0.1) is 0 Å². The van der Waals surface area contributed by atoms with Crippen LogP contribution in [0.15, 0.2) is 59.4 Å². The Hall–Kier alpha value is -3.84. The third-order valence-electron chi connectivity index (χ3n) is 6.50. The number of aromatic nitrogens is 2. The Balaban J connectivity index is 1.92. The predicted molar refractivity (Wildman–Crippen MR) is 144 cm³/mol. The van der Waals surface area contributed by atoms with E-state index in [0.717, 1.165) is 16.7 Å². The molecule has 1 amide bonds. The van der Waals surface area contributed by atoms with Gasteiger partial charge in [-0.05, 0) is 62.4 Å². The molecule has 6 nitrogen and oxygen atoms in total. The molecule has 1 atom stereocenters. The second-order valence-corrected chi connectivity index (χ2v) is 9.79. The fraction of sp³-hybridized carbons (Fsp3) is 0.300. The molecule has 0 fully saturated rings. The van der Waals surface area contributed by atoms with E-state index in [-0.39, 0.29) is 42.4 Å². The highest BCUT2D eigenvalue weighted by molar-refractivity contribution is 6.07. The maximum Gasteiger partial charge on any atom is 0.277 e. The SMILES string of the molecule is Cc1cc(C)cc(CNC(=O)c2c(-c3ccc(F)cc3)c3ccc(C)nc3c(=O)n2CC[C@H](C)CO)c1. The molecule has 0 aliphatic heterocycles. The molecule has 2 heterocycles. The van der Waals surface area contributed by atoms with E-state index in [1.54, 1.807) is 31.2 Å². The summed E-state index contributed by atoms with van der Waals surface area (Å²) < 4.78 is 15.3. The first kappa shape index (κ1) is 26.2. The Bertz CT molecular complexity index is 1490. The van der Waals surface area contributed by atoms with Crippen molar-refractivity contribution in [1.82, 2.24) is 14.9 Å². The lowest BCUT2D eigenvalue weighted by molar-refractivity contribution is 0.0940. The van der Waals surface area contributed by atoms with Crippen molar-refractivity contribution in [1.29, 1.82) is 0 Å². The molecular formula is C30H32FN3O3. The molecule has 0 aliphatic rings. The zero-order chi connectivity index (χ0) is 26.7. The molecule has 192 valence electrons. The highest BCUT2D eigenvalue weighted by Gasteiger charge is 2.24. The van der Waals surface area contributed by atoms with Gasteiger partial charge in [0.1, 0.15) is 17.0 Å². The third-order valence-corrected chi connectivity index (χ3v) is 6.50. The lowest BCUT2D eigenvalue weighted by Crippen LogP contribution is -2.34. The minimum absolute atomic E-state index is 0.0290. The zero-order valence-electron chi connectivity index (χ0n) is 21.6. The molecule has 2 N–H and O–H groups in total. The van der Waals surface area contributed by atoms with Crippen LogP contribution in [0.3, 0.4) is 0 Å². The van der Waals surface area contributed by atoms with Gasteiger partial charge in [-0.3, -0.25) is 9.59 Å². The maximum atomic E-state index is 13.8. The molecule has 0 unspecified atom stereocenters. The molecule has 0 saturated carbocycles. The topological polar surface area (TPSA) is 84.2 Å². The lowest BCUT2D eigenvalue weighted by atomic mass is 9.97. The van der Waals surface area contributed by atoms with Crippen LogP contribution >= 0.6 is 0 Å². The fourth-order valence-corrected chi connectivity index (χ4v) is 4.65. The van der Waals surface area contributed by atoms with Gasteiger partial charge in [0.15, 0.2) is 0 Å². The molecular weight excluding hydrogens is 469 g/mol. The lowest BCUT2D eigenvalue weighted by Gasteiger charge is -2.20. The molecule has 37 heavy (non-hydrogen) atoms. The molecule has 0 spiro atoms. The van der Waals surface area contributed by atoms with Crippen LogP contribution in [0.25, 0.3) is 22.0 Å². The molecule has 2 aromatic heterocycles. The Kier molecular flexibility index (Phi) is 7.83. The first-order chi connectivity index (χ1) is 17.7. The number of benzene rings is 2. The number of carbonyl (C=O) groups is 1. The Morgan fingerprint density at radius 3 is 2.38 bits per heavy atom. The fourth-order valence-electron chi connectivity index (χ4n) is 4.65. The number of hydrogen-bond donors (Lipinski definition) is 2. The van der Waals surface area contributed by atoms with Gasteiger partial charge in [-0.2, -0.15) is 0 Å². The average molecular weight is 502 g/mol. The molecule has 2 aromatic carbocycles. The number of pyridine rings is 2. The van der Waals surface area contributed by atoms with E-state index in [9.17, 15) is 19.1 Å². The van der Waals surface area contributed by atoms with Crippen LogP contribution < -0.4 is 10.9 Å². The van der Waals surface area contributed by atoms with Crippen molar-refractivity contribution in [3.8, 4) is 11.1 Å². The molecule has 7 heteroatoms. The van der Waals surface area contributed by atoms with Crippen LogP contribution in [0, 0.1) is 32.5 Å². The normalized spacial score (nSPS) is 12.1. The first-order valence-electron chi connectivity index (χ1n) is 12.4. The first-order valence-corrected chi connectivity index (χ1v) is 12.4. The van der Waals surface area contributed by atoms with Gasteiger partial charge in [0.05, 0.1) is 0 Å². The van der Waals surface area contributed by atoms with Gasteiger partial charge >= 0.3 is 0 Å². The van der Waals surface area contributed by atoms with Crippen LogP contribution in [-0.2, 0) is 13.1 Å². The second kappa shape index (κ2) is 11.0. The van der Waals surface area contributed by atoms with Crippen molar-refractivity contribution in [3.63, 3.8) is 0 Å². The van der Waals surface area contributed by atoms with Crippen molar-refractivity contribution >= 4 is 16.8 Å². The summed E-state index contributed by atoms with van der Waals surface area (Å²) in [6, 6.07) is 15.6. The molecule has 0 radical (unpaired) electrons. The van der Waals surface area contributed by atoms with Crippen molar-refractivity contribution in [2.75, 3.05) is 6.61 Å². The summed E-state index contributed by atoms with van der Waals surface area (Å²) in [7, 11) is 0. The molecule has 0 saturated heterocycles. The molecule has 0 aliphatic carbocycles. The van der Waals surface area contributed by atoms with Crippen LogP contribution in [-0.4, -0.2) is 27.2 Å². The number of amides is 1. The van der Waals surface area contributed by atoms with Gasteiger partial charge in [0.25, 0.3) is 11.5 Å². The number of nitrogens with zero attached hydrogens (tertiary/aromatic N) is 2. The molecule has 4 aromatic rings. The van der Waals surface area contributed by atoms with E-state index in [1.807, 2.05) is 32.9 Å². The van der Waals surface area contributed by atoms with Gasteiger partial charge in [0.2, 0.25) is 0 Å². The van der Waals surface area contributed by atoms with E-state index in [1.165, 1.54) is 16.7 Å². The maximum absolute atomic E-state index is 13.8. The predicted octanol–water partition coefficient (Wildman–Crippen LogP) is 5.08. The van der Waals surface area contributed by atoms with E-state index in [2.05, 4.69) is 16.4 Å². The van der Waals surface area contributed by atoms with Gasteiger partial charge in [-0.25, -0.2) is 9.37 Å². The molecule has 4 rings (SSSR count). The number of fused-ring (bicyclic) bond motifs is 1. The summed E-state index contributed by atoms with van der Waals surface area (Å²) in [5.41, 5.74) is 5.04. The minimum Gasteiger partial charge on any atom is -0.396 e. The number of aliphatic hydroxyl groups is 1. The zero-order valence-corrected chi connectivity index (χ0v) is 21.6. The van der Waals surface area contributed by atoms with Crippen LogP contribution in [0.1, 0.15) is 46.2 Å². The summed E-state index contributed by atoms with van der Waals surface area (Å²) in [6.45, 7) is 8.18. The van der Waals surface area contributed by atoms with Crippen molar-refractivity contribution in [3.05, 3.63) is 98.8 Å². The van der Waals surface area contributed by atoms with E-state index < -0.39 is 11.7 Å². The smallest absolute Gasteiger partial charge is 0.277 e. The monoisotopic (exact) mass is 501 g/mol. The third kappa shape index (κ3) is 5.78. The Morgan fingerprint density at radius 2 is 1.73 bits per heavy atom. The number of nitrogens with one attached hydrogen (secondary N) is 1. The van der Waals surface area contributed by atoms with Gasteiger partial charge in [-0.1, -0.05) is 54.4 Å². The molecule has 0 bridgehead atoms. The van der Waals surface area contributed by atoms with Crippen molar-refractivity contribution in [2.24, 2.45) is 5.92 Å².